The van der Waals surface area contributed by atoms with E-state index in [0.717, 1.165) is 0 Å². The Hall–Kier alpha value is -3.55. The summed E-state index contributed by atoms with van der Waals surface area (Å²) in [4.78, 5) is 30.1. The van der Waals surface area contributed by atoms with Crippen molar-refractivity contribution in [2.75, 3.05) is 0 Å². The minimum absolute atomic E-state index is 0.00852. The number of aromatic hydroxyl groups is 1. The standard InChI is InChI=1S/C24H15ClN2O4S/c25-18-6-2-4-8-20(18)27-23(30)17-5-1-3-7-19(17)26-24(27)32-13-14-11-22(29)31-21-12-15(28)9-10-16(14)21/h1-12,28H,13H2. The molecule has 2 aromatic heterocycles. The van der Waals surface area contributed by atoms with Gasteiger partial charge in [0.2, 0.25) is 0 Å². The van der Waals surface area contributed by atoms with Gasteiger partial charge in [-0.3, -0.25) is 9.36 Å². The van der Waals surface area contributed by atoms with Crippen LogP contribution in [0, 0.1) is 0 Å². The van der Waals surface area contributed by atoms with E-state index in [2.05, 4.69) is 0 Å². The van der Waals surface area contributed by atoms with Crippen molar-refractivity contribution in [3.8, 4) is 11.4 Å². The fourth-order valence-corrected chi connectivity index (χ4v) is 4.75. The summed E-state index contributed by atoms with van der Waals surface area (Å²) in [5.41, 5.74) is 1.35. The number of hydrogen-bond donors (Lipinski definition) is 1. The molecule has 0 saturated heterocycles. The summed E-state index contributed by atoms with van der Waals surface area (Å²) >= 11 is 7.72. The molecular weight excluding hydrogens is 448 g/mol. The first kappa shape index (κ1) is 20.4. The highest BCUT2D eigenvalue weighted by molar-refractivity contribution is 7.98. The molecule has 8 heteroatoms. The highest BCUT2D eigenvalue weighted by atomic mass is 35.5. The van der Waals surface area contributed by atoms with Gasteiger partial charge in [-0.25, -0.2) is 9.78 Å². The molecular formula is C24H15ClN2O4S. The lowest BCUT2D eigenvalue weighted by Crippen LogP contribution is -2.22. The van der Waals surface area contributed by atoms with Crippen molar-refractivity contribution in [3.63, 3.8) is 0 Å². The number of fused-ring (bicyclic) bond motifs is 2. The zero-order valence-electron chi connectivity index (χ0n) is 16.5. The summed E-state index contributed by atoms with van der Waals surface area (Å²) in [7, 11) is 0. The van der Waals surface area contributed by atoms with Gasteiger partial charge in [-0.2, -0.15) is 0 Å². The number of hydrogen-bond acceptors (Lipinski definition) is 6. The molecule has 0 atom stereocenters. The van der Waals surface area contributed by atoms with E-state index in [0.29, 0.717) is 49.1 Å². The fourth-order valence-electron chi connectivity index (χ4n) is 3.53. The van der Waals surface area contributed by atoms with Crippen LogP contribution >= 0.6 is 23.4 Å². The third-order valence-electron chi connectivity index (χ3n) is 5.01. The molecule has 158 valence electrons. The molecule has 2 heterocycles. The Labute approximate surface area is 190 Å². The molecule has 1 N–H and O–H groups in total. The lowest BCUT2D eigenvalue weighted by molar-refractivity contribution is 0.473. The van der Waals surface area contributed by atoms with Crippen LogP contribution in [0.25, 0.3) is 27.6 Å². The van der Waals surface area contributed by atoms with Crippen LogP contribution in [-0.2, 0) is 5.75 Å². The maximum Gasteiger partial charge on any atom is 0.336 e. The summed E-state index contributed by atoms with van der Waals surface area (Å²) in [6.45, 7) is 0. The molecule has 6 nitrogen and oxygen atoms in total. The Kier molecular flexibility index (Phi) is 5.20. The van der Waals surface area contributed by atoms with Gasteiger partial charge in [0.15, 0.2) is 5.16 Å². The van der Waals surface area contributed by atoms with Crippen LogP contribution in [0.1, 0.15) is 5.56 Å². The van der Waals surface area contributed by atoms with Crippen molar-refractivity contribution in [3.05, 3.63) is 104 Å². The predicted octanol–water partition coefficient (Wildman–Crippen LogP) is 5.14. The Morgan fingerprint density at radius 1 is 0.969 bits per heavy atom. The third kappa shape index (κ3) is 3.66. The van der Waals surface area contributed by atoms with Gasteiger partial charge in [0, 0.05) is 23.3 Å². The maximum atomic E-state index is 13.4. The van der Waals surface area contributed by atoms with Crippen LogP contribution in [0.5, 0.6) is 5.75 Å². The second-order valence-electron chi connectivity index (χ2n) is 7.06. The quantitative estimate of drug-likeness (QED) is 0.226. The van der Waals surface area contributed by atoms with Gasteiger partial charge in [0.05, 0.1) is 21.6 Å². The van der Waals surface area contributed by atoms with E-state index in [1.165, 1.54) is 34.5 Å². The summed E-state index contributed by atoms with van der Waals surface area (Å²) < 4.78 is 6.70. The summed E-state index contributed by atoms with van der Waals surface area (Å²) in [6.07, 6.45) is 0. The fraction of sp³-hybridized carbons (Fsp3) is 0.0417. The van der Waals surface area contributed by atoms with Crippen LogP contribution in [0.2, 0.25) is 5.02 Å². The Balaban J connectivity index is 1.66. The van der Waals surface area contributed by atoms with Crippen molar-refractivity contribution in [1.29, 1.82) is 0 Å². The zero-order chi connectivity index (χ0) is 22.2. The first-order valence-corrected chi connectivity index (χ1v) is 11.0. The molecule has 3 aromatic carbocycles. The topological polar surface area (TPSA) is 85.3 Å². The van der Waals surface area contributed by atoms with Crippen molar-refractivity contribution >= 4 is 45.2 Å². The van der Waals surface area contributed by atoms with E-state index in [9.17, 15) is 14.7 Å². The molecule has 0 amide bonds. The van der Waals surface area contributed by atoms with Crippen LogP contribution in [-0.4, -0.2) is 14.7 Å². The normalized spacial score (nSPS) is 11.3. The van der Waals surface area contributed by atoms with Gasteiger partial charge in [-0.05, 0) is 42.0 Å². The third-order valence-corrected chi connectivity index (χ3v) is 6.32. The number of thioether (sulfide) groups is 1. The van der Waals surface area contributed by atoms with Gasteiger partial charge >= 0.3 is 5.63 Å². The largest absolute Gasteiger partial charge is 0.508 e. The van der Waals surface area contributed by atoms with E-state index in [4.69, 9.17) is 21.0 Å². The van der Waals surface area contributed by atoms with Gasteiger partial charge in [-0.15, -0.1) is 0 Å². The number of benzene rings is 3. The number of phenols is 1. The average molecular weight is 463 g/mol. The van der Waals surface area contributed by atoms with E-state index < -0.39 is 5.63 Å². The van der Waals surface area contributed by atoms with Gasteiger partial charge in [0.1, 0.15) is 11.3 Å². The highest BCUT2D eigenvalue weighted by Gasteiger charge is 2.16. The van der Waals surface area contributed by atoms with Crippen LogP contribution in [0.4, 0.5) is 0 Å². The van der Waals surface area contributed by atoms with Crippen LogP contribution < -0.4 is 11.2 Å². The van der Waals surface area contributed by atoms with Gasteiger partial charge in [0.25, 0.3) is 5.56 Å². The van der Waals surface area contributed by atoms with Crippen molar-refractivity contribution in [2.45, 2.75) is 10.9 Å². The lowest BCUT2D eigenvalue weighted by Gasteiger charge is -2.14. The predicted molar refractivity (Wildman–Crippen MR) is 126 cm³/mol. The molecule has 0 bridgehead atoms. The smallest absolute Gasteiger partial charge is 0.336 e. The Bertz CT molecular complexity index is 1610. The molecule has 0 unspecified atom stereocenters. The minimum Gasteiger partial charge on any atom is -0.508 e. The molecule has 0 aliphatic heterocycles. The molecule has 0 spiro atoms. The van der Waals surface area contributed by atoms with Crippen molar-refractivity contribution < 1.29 is 9.52 Å². The highest BCUT2D eigenvalue weighted by Crippen LogP contribution is 2.30. The number of aromatic nitrogens is 2. The number of para-hydroxylation sites is 2. The maximum absolute atomic E-state index is 13.4. The molecule has 0 radical (unpaired) electrons. The SMILES string of the molecule is O=c1cc(CSc2nc3ccccc3c(=O)n2-c2ccccc2Cl)c2ccc(O)cc2o1. The molecule has 0 aliphatic rings. The second-order valence-corrected chi connectivity index (χ2v) is 8.41. The van der Waals surface area contributed by atoms with E-state index >= 15 is 0 Å². The molecule has 0 fully saturated rings. The molecule has 0 saturated carbocycles. The van der Waals surface area contributed by atoms with E-state index in [1.54, 1.807) is 48.5 Å². The first-order chi connectivity index (χ1) is 15.5. The monoisotopic (exact) mass is 462 g/mol. The summed E-state index contributed by atoms with van der Waals surface area (Å²) in [5, 5.41) is 11.8. The molecule has 0 aliphatic carbocycles. The molecule has 5 aromatic rings. The lowest BCUT2D eigenvalue weighted by atomic mass is 10.1. The summed E-state index contributed by atoms with van der Waals surface area (Å²) in [5.74, 6) is 0.358. The number of phenolic OH excluding ortho intramolecular Hbond substituents is 1. The van der Waals surface area contributed by atoms with E-state index in [-0.39, 0.29) is 11.3 Å². The summed E-state index contributed by atoms with van der Waals surface area (Å²) in [6, 6.07) is 20.2. The molecule has 5 rings (SSSR count). The zero-order valence-corrected chi connectivity index (χ0v) is 18.1. The van der Waals surface area contributed by atoms with E-state index in [1.807, 2.05) is 6.07 Å². The average Bonchev–Trinajstić information content (AvgIpc) is 2.78. The van der Waals surface area contributed by atoms with Gasteiger partial charge in [-0.1, -0.05) is 47.6 Å². The van der Waals surface area contributed by atoms with Gasteiger partial charge < -0.3 is 9.52 Å². The Morgan fingerprint density at radius 3 is 2.59 bits per heavy atom. The minimum atomic E-state index is -0.520. The first-order valence-electron chi connectivity index (χ1n) is 9.66. The second kappa shape index (κ2) is 8.18. The number of nitrogens with zero attached hydrogens (tertiary/aromatic N) is 2. The van der Waals surface area contributed by atoms with Crippen LogP contribution in [0.15, 0.2) is 92.0 Å². The Morgan fingerprint density at radius 2 is 1.75 bits per heavy atom. The van der Waals surface area contributed by atoms with Crippen molar-refractivity contribution in [2.24, 2.45) is 0 Å². The van der Waals surface area contributed by atoms with Crippen molar-refractivity contribution in [1.82, 2.24) is 9.55 Å². The number of halogens is 1. The van der Waals surface area contributed by atoms with Crippen LogP contribution in [0.3, 0.4) is 0 Å². The molecule has 32 heavy (non-hydrogen) atoms. The number of rotatable bonds is 4.